The topological polar surface area (TPSA) is 59.0 Å². The zero-order chi connectivity index (χ0) is 15.9. The largest absolute Gasteiger partial charge is 0.497 e. The molecule has 0 aliphatic rings. The lowest BCUT2D eigenvalue weighted by atomic mass is 10.1. The number of hydrogen-bond acceptors (Lipinski definition) is 4. The fraction of sp³-hybridized carbons (Fsp3) is 0.235. The number of aliphatic hydroxyl groups is 1. The molecule has 0 aliphatic carbocycles. The Labute approximate surface area is 129 Å². The van der Waals surface area contributed by atoms with Gasteiger partial charge in [0.1, 0.15) is 11.5 Å². The van der Waals surface area contributed by atoms with Crippen LogP contribution < -0.4 is 14.4 Å². The number of benzene rings is 2. The molecule has 0 aromatic heterocycles. The summed E-state index contributed by atoms with van der Waals surface area (Å²) in [6, 6.07) is 14.1. The molecule has 116 valence electrons. The fourth-order valence-electron chi connectivity index (χ4n) is 2.20. The second-order valence-corrected chi connectivity index (χ2v) is 4.58. The Kier molecular flexibility index (Phi) is 5.38. The first-order valence-corrected chi connectivity index (χ1v) is 6.91. The Morgan fingerprint density at radius 1 is 1.09 bits per heavy atom. The van der Waals surface area contributed by atoms with Gasteiger partial charge < -0.3 is 19.5 Å². The van der Waals surface area contributed by atoms with Gasteiger partial charge in [-0.1, -0.05) is 18.2 Å². The molecular formula is C17H19NO4. The summed E-state index contributed by atoms with van der Waals surface area (Å²) in [7, 11) is 3.10. The summed E-state index contributed by atoms with van der Waals surface area (Å²) in [5.41, 5.74) is 1.10. The minimum Gasteiger partial charge on any atom is -0.497 e. The molecule has 0 aliphatic heterocycles. The van der Waals surface area contributed by atoms with Crippen molar-refractivity contribution in [3.8, 4) is 11.5 Å². The van der Waals surface area contributed by atoms with Crippen LogP contribution in [0.25, 0.3) is 0 Å². The van der Waals surface area contributed by atoms with E-state index in [-0.39, 0.29) is 19.1 Å². The van der Waals surface area contributed by atoms with Gasteiger partial charge in [-0.3, -0.25) is 4.79 Å². The molecule has 1 amide bonds. The second-order valence-electron chi connectivity index (χ2n) is 4.58. The van der Waals surface area contributed by atoms with Gasteiger partial charge in [-0.2, -0.15) is 0 Å². The van der Waals surface area contributed by atoms with Crippen molar-refractivity contribution in [3.63, 3.8) is 0 Å². The molecule has 22 heavy (non-hydrogen) atoms. The highest BCUT2D eigenvalue weighted by atomic mass is 16.5. The van der Waals surface area contributed by atoms with E-state index < -0.39 is 0 Å². The predicted octanol–water partition coefficient (Wildman–Crippen LogP) is 2.34. The maximum Gasteiger partial charge on any atom is 0.258 e. The number of methoxy groups -OCH3 is 2. The third-order valence-electron chi connectivity index (χ3n) is 3.26. The molecule has 0 saturated heterocycles. The standard InChI is InChI=1S/C17H19NO4/c1-21-14-7-5-6-13(12-14)17(20)18(10-11-19)15-8-3-4-9-16(15)22-2/h3-9,12,19H,10-11H2,1-2H3. The normalized spacial score (nSPS) is 10.1. The lowest BCUT2D eigenvalue weighted by Crippen LogP contribution is -2.33. The molecule has 2 aromatic carbocycles. The molecule has 1 N–H and O–H groups in total. The number of anilines is 1. The van der Waals surface area contributed by atoms with E-state index in [2.05, 4.69) is 0 Å². The van der Waals surface area contributed by atoms with Crippen LogP contribution in [-0.4, -0.2) is 38.4 Å². The van der Waals surface area contributed by atoms with Crippen LogP contribution in [0.4, 0.5) is 5.69 Å². The molecule has 0 spiro atoms. The fourth-order valence-corrected chi connectivity index (χ4v) is 2.20. The van der Waals surface area contributed by atoms with Crippen molar-refractivity contribution in [2.24, 2.45) is 0 Å². The number of amides is 1. The summed E-state index contributed by atoms with van der Waals surface area (Å²) in [5, 5.41) is 9.30. The molecule has 0 radical (unpaired) electrons. The molecule has 5 nitrogen and oxygen atoms in total. The van der Waals surface area contributed by atoms with Crippen molar-refractivity contribution in [2.45, 2.75) is 0 Å². The number of carbonyl (C=O) groups is 1. The summed E-state index contributed by atoms with van der Waals surface area (Å²) in [6.45, 7) is 0.0319. The highest BCUT2D eigenvalue weighted by Gasteiger charge is 2.20. The average Bonchev–Trinajstić information content (AvgIpc) is 2.59. The predicted molar refractivity (Wildman–Crippen MR) is 84.8 cm³/mol. The molecular weight excluding hydrogens is 282 g/mol. The summed E-state index contributed by atoms with van der Waals surface area (Å²) in [6.07, 6.45) is 0. The van der Waals surface area contributed by atoms with Gasteiger partial charge in [-0.25, -0.2) is 0 Å². The first kappa shape index (κ1) is 15.9. The molecule has 0 unspecified atom stereocenters. The number of carbonyl (C=O) groups excluding carboxylic acids is 1. The zero-order valence-corrected chi connectivity index (χ0v) is 12.7. The zero-order valence-electron chi connectivity index (χ0n) is 12.7. The average molecular weight is 301 g/mol. The van der Waals surface area contributed by atoms with Gasteiger partial charge in [-0.15, -0.1) is 0 Å². The van der Waals surface area contributed by atoms with Crippen molar-refractivity contribution in [1.29, 1.82) is 0 Å². The molecule has 0 bridgehead atoms. The van der Waals surface area contributed by atoms with Crippen LogP contribution in [0.15, 0.2) is 48.5 Å². The van der Waals surface area contributed by atoms with E-state index in [9.17, 15) is 9.90 Å². The van der Waals surface area contributed by atoms with Crippen LogP contribution >= 0.6 is 0 Å². The number of hydrogen-bond donors (Lipinski definition) is 1. The third kappa shape index (κ3) is 3.38. The number of ether oxygens (including phenoxy) is 2. The van der Waals surface area contributed by atoms with Gasteiger partial charge >= 0.3 is 0 Å². The molecule has 2 aromatic rings. The summed E-state index contributed by atoms with van der Waals surface area (Å²) >= 11 is 0. The second kappa shape index (κ2) is 7.47. The van der Waals surface area contributed by atoms with Crippen LogP contribution in [0.3, 0.4) is 0 Å². The maximum absolute atomic E-state index is 12.8. The molecule has 0 atom stereocenters. The minimum absolute atomic E-state index is 0.145. The molecule has 5 heteroatoms. The monoisotopic (exact) mass is 301 g/mol. The number of nitrogens with zero attached hydrogens (tertiary/aromatic N) is 1. The van der Waals surface area contributed by atoms with E-state index >= 15 is 0 Å². The van der Waals surface area contributed by atoms with E-state index in [4.69, 9.17) is 9.47 Å². The lowest BCUT2D eigenvalue weighted by Gasteiger charge is -2.24. The van der Waals surface area contributed by atoms with E-state index in [1.54, 1.807) is 50.6 Å². The molecule has 0 saturated carbocycles. The van der Waals surface area contributed by atoms with Gasteiger partial charge in [0.25, 0.3) is 5.91 Å². The van der Waals surface area contributed by atoms with Crippen molar-refractivity contribution in [3.05, 3.63) is 54.1 Å². The van der Waals surface area contributed by atoms with E-state index in [0.29, 0.717) is 22.7 Å². The summed E-state index contributed by atoms with van der Waals surface area (Å²) < 4.78 is 10.5. The van der Waals surface area contributed by atoms with E-state index in [0.717, 1.165) is 0 Å². The molecule has 2 rings (SSSR count). The SMILES string of the molecule is COc1cccc(C(=O)N(CCO)c2ccccc2OC)c1. The van der Waals surface area contributed by atoms with Gasteiger partial charge in [0, 0.05) is 12.1 Å². The van der Waals surface area contributed by atoms with Crippen molar-refractivity contribution >= 4 is 11.6 Å². The van der Waals surface area contributed by atoms with Crippen molar-refractivity contribution < 1.29 is 19.4 Å². The van der Waals surface area contributed by atoms with Crippen LogP contribution in [0.5, 0.6) is 11.5 Å². The van der Waals surface area contributed by atoms with Crippen LogP contribution in [0.1, 0.15) is 10.4 Å². The van der Waals surface area contributed by atoms with Crippen molar-refractivity contribution in [2.75, 3.05) is 32.3 Å². The first-order chi connectivity index (χ1) is 10.7. The van der Waals surface area contributed by atoms with Crippen LogP contribution in [-0.2, 0) is 0 Å². The number of para-hydroxylation sites is 2. The quantitative estimate of drug-likeness (QED) is 0.889. The maximum atomic E-state index is 12.8. The van der Waals surface area contributed by atoms with Gasteiger partial charge in [0.15, 0.2) is 0 Å². The number of rotatable bonds is 6. The van der Waals surface area contributed by atoms with Crippen LogP contribution in [0.2, 0.25) is 0 Å². The Balaban J connectivity index is 2.40. The highest BCUT2D eigenvalue weighted by molar-refractivity contribution is 6.07. The van der Waals surface area contributed by atoms with Crippen molar-refractivity contribution in [1.82, 2.24) is 0 Å². The minimum atomic E-state index is -0.225. The number of aliphatic hydroxyl groups excluding tert-OH is 1. The Hall–Kier alpha value is -2.53. The highest BCUT2D eigenvalue weighted by Crippen LogP contribution is 2.29. The summed E-state index contributed by atoms with van der Waals surface area (Å²) in [5.74, 6) is 0.958. The summed E-state index contributed by atoms with van der Waals surface area (Å²) in [4.78, 5) is 14.3. The van der Waals surface area contributed by atoms with Crippen LogP contribution in [0, 0.1) is 0 Å². The Morgan fingerprint density at radius 2 is 1.86 bits per heavy atom. The Morgan fingerprint density at radius 3 is 2.55 bits per heavy atom. The lowest BCUT2D eigenvalue weighted by molar-refractivity contribution is 0.0980. The third-order valence-corrected chi connectivity index (χ3v) is 3.26. The van der Waals surface area contributed by atoms with Gasteiger partial charge in [0.05, 0.1) is 26.5 Å². The smallest absolute Gasteiger partial charge is 0.258 e. The molecule has 0 heterocycles. The van der Waals surface area contributed by atoms with Gasteiger partial charge in [-0.05, 0) is 30.3 Å². The van der Waals surface area contributed by atoms with Gasteiger partial charge in [0.2, 0.25) is 0 Å². The van der Waals surface area contributed by atoms with E-state index in [1.807, 2.05) is 12.1 Å². The Bertz CT molecular complexity index is 642. The van der Waals surface area contributed by atoms with E-state index in [1.165, 1.54) is 4.90 Å². The first-order valence-electron chi connectivity index (χ1n) is 6.91. The molecule has 0 fully saturated rings.